The maximum absolute atomic E-state index is 13.1. The number of piperidine rings is 1. The monoisotopic (exact) mass is 378 g/mol. The van der Waals surface area contributed by atoms with Crippen LogP contribution < -0.4 is 0 Å². The highest BCUT2D eigenvalue weighted by Gasteiger charge is 2.26. The van der Waals surface area contributed by atoms with Crippen LogP contribution in [0.1, 0.15) is 29.8 Å². The van der Waals surface area contributed by atoms with Gasteiger partial charge in [-0.15, -0.1) is 0 Å². The van der Waals surface area contributed by atoms with E-state index >= 15 is 0 Å². The number of benzene rings is 1. The van der Waals surface area contributed by atoms with E-state index in [1.807, 2.05) is 35.2 Å². The zero-order valence-corrected chi connectivity index (χ0v) is 15.5. The smallest absolute Gasteiger partial charge is 0.274 e. The van der Waals surface area contributed by atoms with E-state index in [0.717, 1.165) is 37.9 Å². The fraction of sp³-hybridized carbons (Fsp3) is 0.350. The molecule has 1 saturated heterocycles. The molecule has 1 aromatic carbocycles. The van der Waals surface area contributed by atoms with E-state index in [9.17, 15) is 9.90 Å². The summed E-state index contributed by atoms with van der Waals surface area (Å²) in [6, 6.07) is 9.58. The van der Waals surface area contributed by atoms with Crippen LogP contribution in [0, 0.1) is 0 Å². The summed E-state index contributed by atoms with van der Waals surface area (Å²) in [6.07, 6.45) is 6.21. The van der Waals surface area contributed by atoms with E-state index in [2.05, 4.69) is 20.1 Å². The van der Waals surface area contributed by atoms with Crippen molar-refractivity contribution in [2.75, 3.05) is 19.7 Å². The second kappa shape index (κ2) is 8.26. The average Bonchev–Trinajstić information content (AvgIpc) is 3.18. The van der Waals surface area contributed by atoms with Crippen LogP contribution in [-0.2, 0) is 6.54 Å². The number of aromatic nitrogens is 5. The first kappa shape index (κ1) is 18.2. The van der Waals surface area contributed by atoms with Crippen molar-refractivity contribution in [1.29, 1.82) is 0 Å². The predicted molar refractivity (Wildman–Crippen MR) is 103 cm³/mol. The third kappa shape index (κ3) is 3.63. The summed E-state index contributed by atoms with van der Waals surface area (Å²) in [5.74, 6) is 0.815. The normalized spacial score (nSPS) is 14.2. The molecule has 0 unspecified atom stereocenters. The molecule has 1 fully saturated rings. The number of carbonyl (C=O) groups excluding carboxylic acids is 1. The lowest BCUT2D eigenvalue weighted by Gasteiger charge is -2.26. The molecule has 1 aliphatic rings. The minimum Gasteiger partial charge on any atom is -0.394 e. The second-order valence-corrected chi connectivity index (χ2v) is 6.68. The molecule has 3 heterocycles. The number of likely N-dealkylation sites (tertiary alicyclic amines) is 1. The summed E-state index contributed by atoms with van der Waals surface area (Å²) >= 11 is 0. The Labute approximate surface area is 162 Å². The molecule has 1 amide bonds. The number of aliphatic hydroxyl groups is 1. The van der Waals surface area contributed by atoms with Gasteiger partial charge < -0.3 is 10.0 Å². The molecule has 1 N–H and O–H groups in total. The van der Waals surface area contributed by atoms with Gasteiger partial charge in [0.25, 0.3) is 5.91 Å². The van der Waals surface area contributed by atoms with E-state index in [1.165, 1.54) is 6.20 Å². The van der Waals surface area contributed by atoms with Gasteiger partial charge in [-0.05, 0) is 19.3 Å². The molecular weight excluding hydrogens is 356 g/mol. The van der Waals surface area contributed by atoms with Crippen molar-refractivity contribution in [3.05, 3.63) is 48.4 Å². The molecule has 144 valence electrons. The number of hydrogen-bond donors (Lipinski definition) is 1. The molecule has 1 aliphatic heterocycles. The Morgan fingerprint density at radius 3 is 2.54 bits per heavy atom. The minimum atomic E-state index is -0.136. The van der Waals surface area contributed by atoms with Gasteiger partial charge in [-0.1, -0.05) is 30.3 Å². The second-order valence-electron chi connectivity index (χ2n) is 6.68. The topological polar surface area (TPSA) is 97.0 Å². The average molecular weight is 378 g/mol. The van der Waals surface area contributed by atoms with Gasteiger partial charge in [-0.2, -0.15) is 5.10 Å². The number of nitrogens with zero attached hydrogens (tertiary/aromatic N) is 6. The first-order valence-electron chi connectivity index (χ1n) is 9.49. The zero-order chi connectivity index (χ0) is 19.3. The Morgan fingerprint density at radius 2 is 1.79 bits per heavy atom. The third-order valence-corrected chi connectivity index (χ3v) is 4.77. The number of aliphatic hydroxyl groups excluding tert-OH is 1. The molecule has 0 aliphatic carbocycles. The van der Waals surface area contributed by atoms with Crippen LogP contribution in [0.2, 0.25) is 0 Å². The highest BCUT2D eigenvalue weighted by molar-refractivity contribution is 5.97. The van der Waals surface area contributed by atoms with Crippen LogP contribution in [0.4, 0.5) is 0 Å². The molecule has 8 nitrogen and oxygen atoms in total. The van der Waals surface area contributed by atoms with Crippen molar-refractivity contribution >= 4 is 5.91 Å². The molecule has 0 saturated carbocycles. The Hall–Kier alpha value is -3.13. The zero-order valence-electron chi connectivity index (χ0n) is 15.5. The van der Waals surface area contributed by atoms with E-state index in [4.69, 9.17) is 0 Å². The summed E-state index contributed by atoms with van der Waals surface area (Å²) in [4.78, 5) is 28.2. The van der Waals surface area contributed by atoms with Crippen molar-refractivity contribution < 1.29 is 9.90 Å². The summed E-state index contributed by atoms with van der Waals surface area (Å²) in [6.45, 7) is 1.62. The minimum absolute atomic E-state index is 0.0970. The van der Waals surface area contributed by atoms with Crippen molar-refractivity contribution in [3.8, 4) is 22.9 Å². The number of hydrogen-bond acceptors (Lipinski definition) is 6. The van der Waals surface area contributed by atoms with Gasteiger partial charge in [0, 0.05) is 31.0 Å². The van der Waals surface area contributed by atoms with Crippen molar-refractivity contribution in [2.24, 2.45) is 0 Å². The van der Waals surface area contributed by atoms with Gasteiger partial charge in [0.2, 0.25) is 0 Å². The summed E-state index contributed by atoms with van der Waals surface area (Å²) in [5, 5.41) is 14.0. The molecule has 0 bridgehead atoms. The SMILES string of the molecule is O=C(c1nccnc1-c1nc(-c2ccccc2)nn1CCO)N1CCCCC1. The molecule has 3 aromatic rings. The van der Waals surface area contributed by atoms with Crippen molar-refractivity contribution in [3.63, 3.8) is 0 Å². The first-order chi connectivity index (χ1) is 13.8. The molecule has 4 rings (SSSR count). The summed E-state index contributed by atoms with van der Waals surface area (Å²) < 4.78 is 1.58. The van der Waals surface area contributed by atoms with E-state index < -0.39 is 0 Å². The van der Waals surface area contributed by atoms with E-state index in [-0.39, 0.29) is 24.8 Å². The van der Waals surface area contributed by atoms with E-state index in [0.29, 0.717) is 17.3 Å². The summed E-state index contributed by atoms with van der Waals surface area (Å²) in [7, 11) is 0. The lowest BCUT2D eigenvalue weighted by Crippen LogP contribution is -2.36. The van der Waals surface area contributed by atoms with E-state index in [1.54, 1.807) is 10.9 Å². The van der Waals surface area contributed by atoms with Gasteiger partial charge in [-0.25, -0.2) is 19.6 Å². The van der Waals surface area contributed by atoms with Gasteiger partial charge in [0.15, 0.2) is 17.3 Å². The van der Waals surface area contributed by atoms with Crippen LogP contribution in [0.5, 0.6) is 0 Å². The Bertz CT molecular complexity index is 950. The Morgan fingerprint density at radius 1 is 1.04 bits per heavy atom. The van der Waals surface area contributed by atoms with Crippen LogP contribution in [0.25, 0.3) is 22.9 Å². The number of amides is 1. The quantitative estimate of drug-likeness (QED) is 0.730. The lowest BCUT2D eigenvalue weighted by molar-refractivity contribution is 0.0718. The molecule has 0 atom stereocenters. The van der Waals surface area contributed by atoms with Gasteiger partial charge >= 0.3 is 0 Å². The fourth-order valence-corrected chi connectivity index (χ4v) is 3.38. The van der Waals surface area contributed by atoms with Crippen LogP contribution in [0.15, 0.2) is 42.7 Å². The molecule has 2 aromatic heterocycles. The van der Waals surface area contributed by atoms with Crippen molar-refractivity contribution in [2.45, 2.75) is 25.8 Å². The fourth-order valence-electron chi connectivity index (χ4n) is 3.38. The van der Waals surface area contributed by atoms with Crippen LogP contribution in [0.3, 0.4) is 0 Å². The molecule has 0 spiro atoms. The lowest BCUT2D eigenvalue weighted by atomic mass is 10.1. The summed E-state index contributed by atoms with van der Waals surface area (Å²) in [5.41, 5.74) is 1.52. The largest absolute Gasteiger partial charge is 0.394 e. The van der Waals surface area contributed by atoms with Gasteiger partial charge in [-0.3, -0.25) is 4.79 Å². The molecular formula is C20H22N6O2. The Balaban J connectivity index is 1.76. The third-order valence-electron chi connectivity index (χ3n) is 4.77. The van der Waals surface area contributed by atoms with Gasteiger partial charge in [0.1, 0.15) is 5.69 Å². The molecule has 8 heteroatoms. The predicted octanol–water partition coefficient (Wildman–Crippen LogP) is 2.02. The number of carbonyl (C=O) groups is 1. The molecule has 28 heavy (non-hydrogen) atoms. The Kier molecular flexibility index (Phi) is 5.38. The first-order valence-corrected chi connectivity index (χ1v) is 9.49. The molecule has 0 radical (unpaired) electrons. The van der Waals surface area contributed by atoms with Crippen LogP contribution >= 0.6 is 0 Å². The van der Waals surface area contributed by atoms with Gasteiger partial charge in [0.05, 0.1) is 13.2 Å². The van der Waals surface area contributed by atoms with Crippen LogP contribution in [-0.4, -0.2) is 60.3 Å². The maximum Gasteiger partial charge on any atom is 0.274 e. The maximum atomic E-state index is 13.1. The standard InChI is InChI=1S/C20H22N6O2/c27-14-13-26-19(23-18(24-26)15-7-3-1-4-8-15)16-17(22-10-9-21-16)20(28)25-11-5-2-6-12-25/h1,3-4,7-10,27H,2,5-6,11-14H2. The number of rotatable bonds is 5. The van der Waals surface area contributed by atoms with Crippen molar-refractivity contribution in [1.82, 2.24) is 29.6 Å². The highest BCUT2D eigenvalue weighted by Crippen LogP contribution is 2.24. The highest BCUT2D eigenvalue weighted by atomic mass is 16.3.